The van der Waals surface area contributed by atoms with Crippen LogP contribution in [0.5, 0.6) is 17.4 Å². The van der Waals surface area contributed by atoms with E-state index >= 15 is 0 Å². The number of amides is 3. The molecule has 2 aromatic heterocycles. The Morgan fingerprint density at radius 3 is 2.59 bits per heavy atom. The van der Waals surface area contributed by atoms with Gasteiger partial charge in [-0.15, -0.1) is 0 Å². The standard InChI is InChI=1S/C22H20F2N6O4/c1-12(2)16-8-14(33-18-5-6-27-21(25)28-18)3-4-17(16)30-19(31)11-29(22(30)32)13-7-15(10-26-9-13)34-20(23)24/h3-10,12,20H,11H2,1-2H3,(H2,25,27,28). The topological polar surface area (TPSA) is 124 Å². The first-order chi connectivity index (χ1) is 16.2. The Morgan fingerprint density at radius 2 is 1.88 bits per heavy atom. The van der Waals surface area contributed by atoms with Gasteiger partial charge in [-0.1, -0.05) is 13.8 Å². The molecule has 1 saturated heterocycles. The minimum Gasteiger partial charge on any atom is -0.439 e. The number of rotatable bonds is 7. The van der Waals surface area contributed by atoms with Gasteiger partial charge in [0.1, 0.15) is 18.0 Å². The molecule has 3 amide bonds. The lowest BCUT2D eigenvalue weighted by molar-refractivity contribution is -0.115. The number of imide groups is 1. The lowest BCUT2D eigenvalue weighted by Crippen LogP contribution is -2.33. The molecule has 0 aliphatic carbocycles. The molecule has 3 aromatic rings. The van der Waals surface area contributed by atoms with E-state index in [1.54, 1.807) is 24.3 Å². The lowest BCUT2D eigenvalue weighted by Gasteiger charge is -2.22. The van der Waals surface area contributed by atoms with Crippen LogP contribution in [0.4, 0.5) is 30.9 Å². The van der Waals surface area contributed by atoms with Crippen LogP contribution in [0.2, 0.25) is 0 Å². The molecule has 10 nitrogen and oxygen atoms in total. The highest BCUT2D eigenvalue weighted by molar-refractivity contribution is 6.27. The van der Waals surface area contributed by atoms with Crippen molar-refractivity contribution in [3.05, 3.63) is 54.5 Å². The van der Waals surface area contributed by atoms with Gasteiger partial charge in [-0.2, -0.15) is 13.8 Å². The van der Waals surface area contributed by atoms with Crippen LogP contribution in [0, 0.1) is 0 Å². The summed E-state index contributed by atoms with van der Waals surface area (Å²) in [7, 11) is 0. The minimum absolute atomic E-state index is 0.0593. The summed E-state index contributed by atoms with van der Waals surface area (Å²) in [6.45, 7) is 0.485. The summed E-state index contributed by atoms with van der Waals surface area (Å²) in [5.74, 6) is -0.0437. The molecular weight excluding hydrogens is 450 g/mol. The molecule has 0 bridgehead atoms. The average Bonchev–Trinajstić information content (AvgIpc) is 3.07. The predicted molar refractivity (Wildman–Crippen MR) is 118 cm³/mol. The van der Waals surface area contributed by atoms with Gasteiger partial charge in [0.15, 0.2) is 0 Å². The molecule has 0 radical (unpaired) electrons. The van der Waals surface area contributed by atoms with Gasteiger partial charge in [-0.3, -0.25) is 14.7 Å². The van der Waals surface area contributed by atoms with Crippen molar-refractivity contribution >= 4 is 29.3 Å². The Labute approximate surface area is 192 Å². The maximum Gasteiger partial charge on any atom is 0.387 e. The van der Waals surface area contributed by atoms with E-state index in [9.17, 15) is 18.4 Å². The molecule has 1 aliphatic heterocycles. The monoisotopic (exact) mass is 470 g/mol. The highest BCUT2D eigenvalue weighted by atomic mass is 19.3. The molecule has 1 aromatic carbocycles. The van der Waals surface area contributed by atoms with Crippen LogP contribution < -0.4 is 25.0 Å². The zero-order chi connectivity index (χ0) is 24.4. The number of nitrogens with zero attached hydrogens (tertiary/aromatic N) is 5. The van der Waals surface area contributed by atoms with E-state index < -0.39 is 18.5 Å². The van der Waals surface area contributed by atoms with Crippen molar-refractivity contribution in [3.63, 3.8) is 0 Å². The van der Waals surface area contributed by atoms with E-state index in [-0.39, 0.29) is 35.7 Å². The first-order valence-electron chi connectivity index (χ1n) is 10.2. The molecule has 2 N–H and O–H groups in total. The van der Waals surface area contributed by atoms with Gasteiger partial charge in [-0.05, 0) is 29.7 Å². The highest BCUT2D eigenvalue weighted by Gasteiger charge is 2.39. The van der Waals surface area contributed by atoms with Gasteiger partial charge in [0.2, 0.25) is 11.8 Å². The fraction of sp³-hybridized carbons (Fsp3) is 0.227. The number of hydrogen-bond acceptors (Lipinski definition) is 8. The molecule has 0 unspecified atom stereocenters. The summed E-state index contributed by atoms with van der Waals surface area (Å²) in [6, 6.07) is 7.04. The van der Waals surface area contributed by atoms with Gasteiger partial charge >= 0.3 is 12.6 Å². The number of anilines is 3. The summed E-state index contributed by atoms with van der Waals surface area (Å²) in [6.07, 6.45) is 3.85. The number of benzene rings is 1. The third kappa shape index (κ3) is 4.70. The van der Waals surface area contributed by atoms with Crippen LogP contribution >= 0.6 is 0 Å². The predicted octanol–water partition coefficient (Wildman–Crippen LogP) is 3.94. The molecule has 34 heavy (non-hydrogen) atoms. The van der Waals surface area contributed by atoms with E-state index in [4.69, 9.17) is 10.5 Å². The zero-order valence-corrected chi connectivity index (χ0v) is 18.2. The number of nitrogen functional groups attached to an aromatic ring is 1. The Bertz CT molecular complexity index is 1240. The molecule has 0 spiro atoms. The van der Waals surface area contributed by atoms with Gasteiger partial charge in [0, 0.05) is 18.3 Å². The Balaban J connectivity index is 1.63. The second-order valence-corrected chi connectivity index (χ2v) is 7.59. The Hall–Kier alpha value is -4.35. The normalized spacial score (nSPS) is 13.8. The number of urea groups is 1. The van der Waals surface area contributed by atoms with Gasteiger partial charge in [0.05, 0.1) is 23.8 Å². The SMILES string of the molecule is CC(C)c1cc(Oc2ccnc(N)n2)ccc1N1C(=O)CN(c2cncc(OC(F)F)c2)C1=O. The van der Waals surface area contributed by atoms with Crippen LogP contribution in [-0.4, -0.2) is 40.0 Å². The molecule has 3 heterocycles. The molecule has 1 aliphatic rings. The van der Waals surface area contributed by atoms with Crippen molar-refractivity contribution < 1.29 is 27.8 Å². The zero-order valence-electron chi connectivity index (χ0n) is 18.2. The fourth-order valence-corrected chi connectivity index (χ4v) is 3.46. The molecule has 4 rings (SSSR count). The van der Waals surface area contributed by atoms with E-state index in [1.807, 2.05) is 13.8 Å². The second kappa shape index (κ2) is 9.25. The molecule has 1 fully saturated rings. The number of carbonyl (C=O) groups excluding carboxylic acids is 2. The molecule has 0 saturated carbocycles. The van der Waals surface area contributed by atoms with Crippen LogP contribution in [-0.2, 0) is 4.79 Å². The third-order valence-corrected chi connectivity index (χ3v) is 4.93. The van der Waals surface area contributed by atoms with Crippen LogP contribution in [0.15, 0.2) is 48.9 Å². The maximum atomic E-state index is 13.2. The molecular formula is C22H20F2N6O4. The van der Waals surface area contributed by atoms with E-state index in [0.29, 0.717) is 17.0 Å². The van der Waals surface area contributed by atoms with Gasteiger partial charge in [-0.25, -0.2) is 14.7 Å². The largest absolute Gasteiger partial charge is 0.439 e. The second-order valence-electron chi connectivity index (χ2n) is 7.59. The number of hydrogen-bond donors (Lipinski definition) is 1. The van der Waals surface area contributed by atoms with Gasteiger partial charge in [0.25, 0.3) is 5.91 Å². The quantitative estimate of drug-likeness (QED) is 0.515. The van der Waals surface area contributed by atoms with Crippen molar-refractivity contribution in [1.29, 1.82) is 0 Å². The van der Waals surface area contributed by atoms with E-state index in [2.05, 4.69) is 19.7 Å². The van der Waals surface area contributed by atoms with Crippen molar-refractivity contribution in [3.8, 4) is 17.4 Å². The minimum atomic E-state index is -3.04. The number of nitrogens with two attached hydrogens (primary N) is 1. The summed E-state index contributed by atoms with van der Waals surface area (Å²) in [5.41, 5.74) is 6.80. The van der Waals surface area contributed by atoms with Gasteiger partial charge < -0.3 is 15.2 Å². The summed E-state index contributed by atoms with van der Waals surface area (Å²) in [5, 5.41) is 0. The van der Waals surface area contributed by atoms with Crippen molar-refractivity contribution in [2.75, 3.05) is 22.1 Å². The summed E-state index contributed by atoms with van der Waals surface area (Å²) >= 11 is 0. The lowest BCUT2D eigenvalue weighted by atomic mass is 10.00. The average molecular weight is 470 g/mol. The third-order valence-electron chi connectivity index (χ3n) is 4.93. The van der Waals surface area contributed by atoms with E-state index in [1.165, 1.54) is 18.5 Å². The molecule has 0 atom stereocenters. The number of carbonyl (C=O) groups is 2. The first kappa shape index (κ1) is 22.8. The fourth-order valence-electron chi connectivity index (χ4n) is 3.46. The van der Waals surface area contributed by atoms with Crippen molar-refractivity contribution in [2.24, 2.45) is 0 Å². The summed E-state index contributed by atoms with van der Waals surface area (Å²) < 4.78 is 35.2. The molecule has 176 valence electrons. The first-order valence-corrected chi connectivity index (χ1v) is 10.2. The van der Waals surface area contributed by atoms with Crippen LogP contribution in [0.25, 0.3) is 0 Å². The van der Waals surface area contributed by atoms with Crippen molar-refractivity contribution in [2.45, 2.75) is 26.4 Å². The van der Waals surface area contributed by atoms with Crippen LogP contribution in [0.1, 0.15) is 25.3 Å². The highest BCUT2D eigenvalue weighted by Crippen LogP contribution is 2.36. The van der Waals surface area contributed by atoms with Crippen molar-refractivity contribution in [1.82, 2.24) is 15.0 Å². The van der Waals surface area contributed by atoms with Crippen LogP contribution in [0.3, 0.4) is 0 Å². The maximum absolute atomic E-state index is 13.2. The number of aromatic nitrogens is 3. The smallest absolute Gasteiger partial charge is 0.387 e. The number of alkyl halides is 2. The Kier molecular flexibility index (Phi) is 6.21. The molecule has 12 heteroatoms. The Morgan fingerprint density at radius 1 is 1.09 bits per heavy atom. The van der Waals surface area contributed by atoms with E-state index in [0.717, 1.165) is 16.0 Å². The summed E-state index contributed by atoms with van der Waals surface area (Å²) in [4.78, 5) is 39.9. The number of ether oxygens (including phenoxy) is 2. The number of pyridine rings is 1. The number of halogens is 2.